The third-order valence-electron chi connectivity index (χ3n) is 3.51. The van der Waals surface area contributed by atoms with Crippen LogP contribution in [0.5, 0.6) is 0 Å². The summed E-state index contributed by atoms with van der Waals surface area (Å²) in [6.45, 7) is 0. The maximum absolute atomic E-state index is 13.1. The SMILES string of the molecule is CN(C(=O)c1cccc(F)c1)C1CCCCC1. The number of hydrogen-bond donors (Lipinski definition) is 0. The monoisotopic (exact) mass is 235 g/mol. The first-order valence-corrected chi connectivity index (χ1v) is 6.21. The van der Waals surface area contributed by atoms with Crippen LogP contribution in [0.25, 0.3) is 0 Å². The Labute approximate surface area is 101 Å². The summed E-state index contributed by atoms with van der Waals surface area (Å²) in [5, 5.41) is 0. The Balaban J connectivity index is 2.08. The second-order valence-electron chi connectivity index (χ2n) is 4.72. The van der Waals surface area contributed by atoms with Gasteiger partial charge in [-0.3, -0.25) is 4.79 Å². The van der Waals surface area contributed by atoms with Gasteiger partial charge in [0.05, 0.1) is 0 Å². The fraction of sp³-hybridized carbons (Fsp3) is 0.500. The highest BCUT2D eigenvalue weighted by Crippen LogP contribution is 2.22. The molecule has 0 heterocycles. The summed E-state index contributed by atoms with van der Waals surface area (Å²) in [4.78, 5) is 13.9. The van der Waals surface area contributed by atoms with Crippen LogP contribution in [0.15, 0.2) is 24.3 Å². The van der Waals surface area contributed by atoms with Crippen molar-refractivity contribution in [3.05, 3.63) is 35.6 Å². The summed E-state index contributed by atoms with van der Waals surface area (Å²) in [5.74, 6) is -0.427. The van der Waals surface area contributed by atoms with Crippen LogP contribution in [0, 0.1) is 5.82 Å². The van der Waals surface area contributed by atoms with Crippen LogP contribution in [0.4, 0.5) is 4.39 Å². The topological polar surface area (TPSA) is 20.3 Å². The Morgan fingerprint density at radius 3 is 2.65 bits per heavy atom. The van der Waals surface area contributed by atoms with Gasteiger partial charge in [0.15, 0.2) is 0 Å². The van der Waals surface area contributed by atoms with E-state index in [1.165, 1.54) is 31.4 Å². The molecule has 0 bridgehead atoms. The molecule has 2 nitrogen and oxygen atoms in total. The van der Waals surface area contributed by atoms with Crippen LogP contribution >= 0.6 is 0 Å². The number of rotatable bonds is 2. The van der Waals surface area contributed by atoms with Crippen molar-refractivity contribution < 1.29 is 9.18 Å². The maximum atomic E-state index is 13.1. The van der Waals surface area contributed by atoms with Crippen LogP contribution in [-0.2, 0) is 0 Å². The van der Waals surface area contributed by atoms with Crippen molar-refractivity contribution in [2.24, 2.45) is 0 Å². The Kier molecular flexibility index (Phi) is 3.77. The number of benzene rings is 1. The predicted octanol–water partition coefficient (Wildman–Crippen LogP) is 3.23. The molecule has 17 heavy (non-hydrogen) atoms. The van der Waals surface area contributed by atoms with Crippen molar-refractivity contribution in [3.63, 3.8) is 0 Å². The zero-order valence-electron chi connectivity index (χ0n) is 10.2. The molecule has 0 saturated heterocycles. The lowest BCUT2D eigenvalue weighted by atomic mass is 9.94. The van der Waals surface area contributed by atoms with Crippen molar-refractivity contribution >= 4 is 5.91 Å². The van der Waals surface area contributed by atoms with Gasteiger partial charge in [-0.1, -0.05) is 25.3 Å². The molecular formula is C14H18FNO. The standard InChI is InChI=1S/C14H18FNO/c1-16(13-8-3-2-4-9-13)14(17)11-6-5-7-12(15)10-11/h5-7,10,13H,2-4,8-9H2,1H3. The molecule has 0 unspecified atom stereocenters. The average Bonchev–Trinajstić information content (AvgIpc) is 2.38. The highest BCUT2D eigenvalue weighted by atomic mass is 19.1. The molecule has 0 spiro atoms. The molecule has 2 rings (SSSR count). The first-order valence-electron chi connectivity index (χ1n) is 6.21. The van der Waals surface area contributed by atoms with Crippen molar-refractivity contribution in [2.75, 3.05) is 7.05 Å². The van der Waals surface area contributed by atoms with Crippen LogP contribution in [-0.4, -0.2) is 23.9 Å². The van der Waals surface area contributed by atoms with Gasteiger partial charge in [0.25, 0.3) is 5.91 Å². The summed E-state index contributed by atoms with van der Waals surface area (Å²) in [5.41, 5.74) is 0.443. The molecule has 0 aromatic heterocycles. The van der Waals surface area contributed by atoms with Gasteiger partial charge in [0.1, 0.15) is 5.82 Å². The van der Waals surface area contributed by atoms with Crippen LogP contribution in [0.3, 0.4) is 0 Å². The Morgan fingerprint density at radius 1 is 1.29 bits per heavy atom. The second-order valence-corrected chi connectivity index (χ2v) is 4.72. The minimum absolute atomic E-state index is 0.0728. The van der Waals surface area contributed by atoms with Gasteiger partial charge in [0.2, 0.25) is 0 Å². The first kappa shape index (κ1) is 12.1. The molecule has 0 radical (unpaired) electrons. The van der Waals surface area contributed by atoms with Crippen molar-refractivity contribution in [3.8, 4) is 0 Å². The molecule has 1 aliphatic rings. The molecule has 1 amide bonds. The van der Waals surface area contributed by atoms with Crippen LogP contribution in [0.1, 0.15) is 42.5 Å². The highest BCUT2D eigenvalue weighted by molar-refractivity contribution is 5.94. The van der Waals surface area contributed by atoms with Gasteiger partial charge >= 0.3 is 0 Å². The summed E-state index contributed by atoms with van der Waals surface area (Å²) >= 11 is 0. The third-order valence-corrected chi connectivity index (χ3v) is 3.51. The van der Waals surface area contributed by atoms with E-state index in [4.69, 9.17) is 0 Å². The third kappa shape index (κ3) is 2.84. The number of nitrogens with zero attached hydrogens (tertiary/aromatic N) is 1. The van der Waals surface area contributed by atoms with E-state index in [0.717, 1.165) is 12.8 Å². The maximum Gasteiger partial charge on any atom is 0.253 e. The highest BCUT2D eigenvalue weighted by Gasteiger charge is 2.22. The molecule has 1 saturated carbocycles. The van der Waals surface area contributed by atoms with E-state index in [1.54, 1.807) is 17.0 Å². The van der Waals surface area contributed by atoms with Gasteiger partial charge < -0.3 is 4.90 Å². The lowest BCUT2D eigenvalue weighted by Gasteiger charge is -2.31. The number of hydrogen-bond acceptors (Lipinski definition) is 1. The second kappa shape index (κ2) is 5.30. The molecule has 3 heteroatoms. The Morgan fingerprint density at radius 2 is 2.00 bits per heavy atom. The van der Waals surface area contributed by atoms with Crippen LogP contribution < -0.4 is 0 Å². The fourth-order valence-corrected chi connectivity index (χ4v) is 2.46. The number of amides is 1. The van der Waals surface area contributed by atoms with E-state index in [0.29, 0.717) is 11.6 Å². The minimum atomic E-state index is -0.354. The van der Waals surface area contributed by atoms with Crippen molar-refractivity contribution in [1.82, 2.24) is 4.90 Å². The smallest absolute Gasteiger partial charge is 0.253 e. The summed E-state index contributed by atoms with van der Waals surface area (Å²) < 4.78 is 13.1. The molecule has 1 fully saturated rings. The quantitative estimate of drug-likeness (QED) is 0.770. The van der Waals surface area contributed by atoms with E-state index >= 15 is 0 Å². The minimum Gasteiger partial charge on any atom is -0.339 e. The Hall–Kier alpha value is -1.38. The van der Waals surface area contributed by atoms with Gasteiger partial charge in [-0.05, 0) is 31.0 Å². The predicted molar refractivity (Wildman–Crippen MR) is 65.4 cm³/mol. The van der Waals surface area contributed by atoms with Gasteiger partial charge in [-0.15, -0.1) is 0 Å². The van der Waals surface area contributed by atoms with E-state index in [-0.39, 0.29) is 11.7 Å². The summed E-state index contributed by atoms with van der Waals surface area (Å²) in [7, 11) is 1.82. The first-order chi connectivity index (χ1) is 8.18. The molecule has 92 valence electrons. The van der Waals surface area contributed by atoms with E-state index in [2.05, 4.69) is 0 Å². The zero-order valence-corrected chi connectivity index (χ0v) is 10.2. The lowest BCUT2D eigenvalue weighted by molar-refractivity contribution is 0.0696. The largest absolute Gasteiger partial charge is 0.339 e. The zero-order chi connectivity index (χ0) is 12.3. The Bertz CT molecular complexity index is 399. The van der Waals surface area contributed by atoms with E-state index < -0.39 is 0 Å². The lowest BCUT2D eigenvalue weighted by Crippen LogP contribution is -2.38. The van der Waals surface area contributed by atoms with Crippen molar-refractivity contribution in [2.45, 2.75) is 38.1 Å². The molecule has 1 aromatic rings. The molecule has 1 aromatic carbocycles. The summed E-state index contributed by atoms with van der Waals surface area (Å²) in [6, 6.07) is 6.24. The number of carbonyl (C=O) groups excluding carboxylic acids is 1. The van der Waals surface area contributed by atoms with E-state index in [1.807, 2.05) is 7.05 Å². The number of carbonyl (C=O) groups is 1. The normalized spacial score (nSPS) is 16.8. The molecule has 0 atom stereocenters. The average molecular weight is 235 g/mol. The van der Waals surface area contributed by atoms with E-state index in [9.17, 15) is 9.18 Å². The van der Waals surface area contributed by atoms with Gasteiger partial charge in [0, 0.05) is 18.7 Å². The molecule has 1 aliphatic carbocycles. The molecule has 0 aliphatic heterocycles. The number of halogens is 1. The van der Waals surface area contributed by atoms with Crippen LogP contribution in [0.2, 0.25) is 0 Å². The van der Waals surface area contributed by atoms with Gasteiger partial charge in [-0.2, -0.15) is 0 Å². The molecule has 0 N–H and O–H groups in total. The molecular weight excluding hydrogens is 217 g/mol. The summed E-state index contributed by atoms with van der Waals surface area (Å²) in [6.07, 6.45) is 5.77. The van der Waals surface area contributed by atoms with Crippen molar-refractivity contribution in [1.29, 1.82) is 0 Å². The van der Waals surface area contributed by atoms with Gasteiger partial charge in [-0.25, -0.2) is 4.39 Å². The fourth-order valence-electron chi connectivity index (χ4n) is 2.46.